The summed E-state index contributed by atoms with van der Waals surface area (Å²) in [5.41, 5.74) is -0.120. The second-order valence-corrected chi connectivity index (χ2v) is 4.89. The Labute approximate surface area is 121 Å². The van der Waals surface area contributed by atoms with Crippen LogP contribution in [-0.2, 0) is 0 Å². The molecule has 0 radical (unpaired) electrons. The molecule has 1 N–H and O–H groups in total. The molecule has 0 spiro atoms. The number of ether oxygens (including phenoxy) is 1. The van der Waals surface area contributed by atoms with Gasteiger partial charge in [-0.1, -0.05) is 0 Å². The number of hydrogen-bond donors (Lipinski definition) is 1. The normalized spacial score (nSPS) is 15.2. The van der Waals surface area contributed by atoms with E-state index in [1.54, 1.807) is 36.3 Å². The second-order valence-electron chi connectivity index (χ2n) is 4.89. The quantitative estimate of drug-likeness (QED) is 0.829. The third kappa shape index (κ3) is 2.62. The fraction of sp³-hybridized carbons (Fsp3) is 0.333. The molecule has 1 aromatic carbocycles. The summed E-state index contributed by atoms with van der Waals surface area (Å²) in [7, 11) is 1.54. The Hall–Kier alpha value is -2.34. The molecule has 2 heterocycles. The van der Waals surface area contributed by atoms with Gasteiger partial charge in [0.05, 0.1) is 7.11 Å². The minimum absolute atomic E-state index is 0.0783. The van der Waals surface area contributed by atoms with Crippen LogP contribution in [0.1, 0.15) is 10.4 Å². The number of carbonyl (C=O) groups excluding carboxylic acids is 1. The average molecular weight is 288 g/mol. The lowest BCUT2D eigenvalue weighted by Gasteiger charge is -2.27. The molecule has 6 nitrogen and oxygen atoms in total. The summed E-state index contributed by atoms with van der Waals surface area (Å²) in [6.07, 6.45) is 0. The first-order valence-corrected chi connectivity index (χ1v) is 6.81. The predicted molar refractivity (Wildman–Crippen MR) is 77.8 cm³/mol. The number of benzene rings is 1. The Bertz CT molecular complexity index is 732. The van der Waals surface area contributed by atoms with Gasteiger partial charge in [0.15, 0.2) is 0 Å². The summed E-state index contributed by atoms with van der Waals surface area (Å²) in [5.74, 6) is 0.329. The first kappa shape index (κ1) is 13.6. The molecule has 1 aliphatic heterocycles. The van der Waals surface area contributed by atoms with Crippen molar-refractivity contribution in [3.8, 4) is 5.75 Å². The number of amides is 1. The number of rotatable bonds is 2. The number of hydrogen-bond acceptors (Lipinski definition) is 5. The van der Waals surface area contributed by atoms with E-state index in [0.717, 1.165) is 13.1 Å². The van der Waals surface area contributed by atoms with E-state index < -0.39 is 5.63 Å². The van der Waals surface area contributed by atoms with Crippen molar-refractivity contribution in [1.82, 2.24) is 10.2 Å². The number of methoxy groups -OCH3 is 1. The lowest BCUT2D eigenvalue weighted by Crippen LogP contribution is -2.47. The van der Waals surface area contributed by atoms with Gasteiger partial charge < -0.3 is 19.4 Å². The molecule has 0 unspecified atom stereocenters. The molecule has 1 aromatic heterocycles. The van der Waals surface area contributed by atoms with Crippen molar-refractivity contribution in [1.29, 1.82) is 0 Å². The molecule has 1 fully saturated rings. The highest BCUT2D eigenvalue weighted by Crippen LogP contribution is 2.20. The molecule has 2 aromatic rings. The molecule has 1 aliphatic rings. The van der Waals surface area contributed by atoms with Crippen molar-refractivity contribution in [2.45, 2.75) is 0 Å². The van der Waals surface area contributed by atoms with Gasteiger partial charge in [-0.05, 0) is 18.2 Å². The number of nitrogens with zero attached hydrogens (tertiary/aromatic N) is 1. The van der Waals surface area contributed by atoms with E-state index in [1.807, 2.05) is 0 Å². The highest BCUT2D eigenvalue weighted by Gasteiger charge is 2.22. The molecule has 110 valence electrons. The lowest BCUT2D eigenvalue weighted by molar-refractivity contribution is 0.0731. The van der Waals surface area contributed by atoms with E-state index in [2.05, 4.69) is 5.32 Å². The standard InChI is InChI=1S/C15H16N2O4/c1-20-11-3-2-10-8-12(15(19)21-13(10)9-11)14(18)17-6-4-16-5-7-17/h2-3,8-9,16H,4-7H2,1H3. The van der Waals surface area contributed by atoms with Gasteiger partial charge >= 0.3 is 5.63 Å². The molecule has 3 rings (SSSR count). The minimum atomic E-state index is -0.612. The van der Waals surface area contributed by atoms with Gasteiger partial charge in [0, 0.05) is 37.6 Å². The van der Waals surface area contributed by atoms with E-state index >= 15 is 0 Å². The Balaban J connectivity index is 2.00. The number of piperazine rings is 1. The maximum atomic E-state index is 12.4. The van der Waals surface area contributed by atoms with Crippen LogP contribution < -0.4 is 15.7 Å². The smallest absolute Gasteiger partial charge is 0.349 e. The lowest BCUT2D eigenvalue weighted by atomic mass is 10.1. The Morgan fingerprint density at radius 2 is 2.05 bits per heavy atom. The molecule has 0 aliphatic carbocycles. The third-order valence-corrected chi connectivity index (χ3v) is 3.58. The summed E-state index contributed by atoms with van der Waals surface area (Å²) in [6, 6.07) is 6.76. The minimum Gasteiger partial charge on any atom is -0.497 e. The summed E-state index contributed by atoms with van der Waals surface area (Å²) in [6.45, 7) is 2.67. The van der Waals surface area contributed by atoms with Crippen LogP contribution in [0.5, 0.6) is 5.75 Å². The maximum Gasteiger partial charge on any atom is 0.349 e. The van der Waals surface area contributed by atoms with Crippen LogP contribution in [0.15, 0.2) is 33.5 Å². The van der Waals surface area contributed by atoms with E-state index in [4.69, 9.17) is 9.15 Å². The van der Waals surface area contributed by atoms with Crippen LogP contribution in [0.3, 0.4) is 0 Å². The highest BCUT2D eigenvalue weighted by molar-refractivity contribution is 5.96. The Morgan fingerprint density at radius 1 is 1.29 bits per heavy atom. The topological polar surface area (TPSA) is 71.8 Å². The van der Waals surface area contributed by atoms with Crippen molar-refractivity contribution in [2.75, 3.05) is 33.3 Å². The molecular weight excluding hydrogens is 272 g/mol. The van der Waals surface area contributed by atoms with E-state index in [0.29, 0.717) is 29.8 Å². The highest BCUT2D eigenvalue weighted by atomic mass is 16.5. The summed E-state index contributed by atoms with van der Waals surface area (Å²) in [5, 5.41) is 3.87. The van der Waals surface area contributed by atoms with Crippen LogP contribution >= 0.6 is 0 Å². The number of carbonyl (C=O) groups is 1. The molecule has 0 bridgehead atoms. The molecule has 1 amide bonds. The van der Waals surface area contributed by atoms with Crippen molar-refractivity contribution in [3.05, 3.63) is 40.2 Å². The van der Waals surface area contributed by atoms with E-state index in [-0.39, 0.29) is 11.5 Å². The van der Waals surface area contributed by atoms with Crippen LogP contribution in [0.2, 0.25) is 0 Å². The van der Waals surface area contributed by atoms with Crippen molar-refractivity contribution in [3.63, 3.8) is 0 Å². The van der Waals surface area contributed by atoms with E-state index in [1.165, 1.54) is 0 Å². The molecular formula is C15H16N2O4. The molecule has 0 saturated carbocycles. The zero-order chi connectivity index (χ0) is 14.8. The van der Waals surface area contributed by atoms with Crippen molar-refractivity contribution >= 4 is 16.9 Å². The molecule has 6 heteroatoms. The van der Waals surface area contributed by atoms with Gasteiger partial charge in [-0.2, -0.15) is 0 Å². The SMILES string of the molecule is COc1ccc2cc(C(=O)N3CCNCC3)c(=O)oc2c1. The van der Waals surface area contributed by atoms with Gasteiger partial charge in [-0.3, -0.25) is 4.79 Å². The van der Waals surface area contributed by atoms with Crippen LogP contribution in [0.4, 0.5) is 0 Å². The van der Waals surface area contributed by atoms with Gasteiger partial charge in [0.1, 0.15) is 16.9 Å². The van der Waals surface area contributed by atoms with Crippen LogP contribution in [-0.4, -0.2) is 44.1 Å². The zero-order valence-electron chi connectivity index (χ0n) is 11.7. The van der Waals surface area contributed by atoms with Gasteiger partial charge in [-0.25, -0.2) is 4.79 Å². The molecule has 1 saturated heterocycles. The first-order valence-electron chi connectivity index (χ1n) is 6.81. The number of nitrogens with one attached hydrogen (secondary N) is 1. The fourth-order valence-corrected chi connectivity index (χ4v) is 2.41. The van der Waals surface area contributed by atoms with Gasteiger partial charge in [-0.15, -0.1) is 0 Å². The maximum absolute atomic E-state index is 12.4. The third-order valence-electron chi connectivity index (χ3n) is 3.58. The van der Waals surface area contributed by atoms with E-state index in [9.17, 15) is 9.59 Å². The van der Waals surface area contributed by atoms with Crippen LogP contribution in [0, 0.1) is 0 Å². The fourth-order valence-electron chi connectivity index (χ4n) is 2.41. The average Bonchev–Trinajstić information content (AvgIpc) is 2.53. The monoisotopic (exact) mass is 288 g/mol. The second kappa shape index (κ2) is 5.57. The largest absolute Gasteiger partial charge is 0.497 e. The summed E-state index contributed by atoms with van der Waals surface area (Å²) >= 11 is 0. The summed E-state index contributed by atoms with van der Waals surface area (Å²) < 4.78 is 10.3. The van der Waals surface area contributed by atoms with Gasteiger partial charge in [0.2, 0.25) is 0 Å². The predicted octanol–water partition coefficient (Wildman–Crippen LogP) is 0.847. The Morgan fingerprint density at radius 3 is 2.76 bits per heavy atom. The number of fused-ring (bicyclic) bond motifs is 1. The van der Waals surface area contributed by atoms with Gasteiger partial charge in [0.25, 0.3) is 5.91 Å². The van der Waals surface area contributed by atoms with Crippen LogP contribution in [0.25, 0.3) is 11.0 Å². The first-order chi connectivity index (χ1) is 10.2. The Kier molecular flexibility index (Phi) is 3.62. The summed E-state index contributed by atoms with van der Waals surface area (Å²) in [4.78, 5) is 26.1. The zero-order valence-corrected chi connectivity index (χ0v) is 11.7. The van der Waals surface area contributed by atoms with Crippen molar-refractivity contribution in [2.24, 2.45) is 0 Å². The molecule has 21 heavy (non-hydrogen) atoms. The molecule has 0 atom stereocenters. The van der Waals surface area contributed by atoms with Crippen molar-refractivity contribution < 1.29 is 13.9 Å².